The Labute approximate surface area is 85.6 Å². The van der Waals surface area contributed by atoms with Gasteiger partial charge in [-0.05, 0) is 6.92 Å². The van der Waals surface area contributed by atoms with Gasteiger partial charge >= 0.3 is 6.18 Å². The van der Waals surface area contributed by atoms with Gasteiger partial charge in [0, 0.05) is 26.2 Å². The summed E-state index contributed by atoms with van der Waals surface area (Å²) >= 11 is 0. The van der Waals surface area contributed by atoms with Crippen molar-refractivity contribution in [1.82, 2.24) is 10.2 Å². The van der Waals surface area contributed by atoms with Crippen molar-refractivity contribution in [2.24, 2.45) is 5.73 Å². The molecule has 1 aliphatic heterocycles. The number of alkyl halides is 3. The molecule has 0 saturated carbocycles. The molecule has 4 nitrogen and oxygen atoms in total. The Morgan fingerprint density at radius 1 is 1.33 bits per heavy atom. The Hall–Kier alpha value is -0.820. The molecule has 1 rings (SSSR count). The predicted molar refractivity (Wildman–Crippen MR) is 48.1 cm³/mol. The van der Waals surface area contributed by atoms with Gasteiger partial charge in [-0.15, -0.1) is 0 Å². The number of hydrogen-bond acceptors (Lipinski definition) is 3. The van der Waals surface area contributed by atoms with E-state index in [0.717, 1.165) is 11.8 Å². The number of carbonyl (C=O) groups is 1. The summed E-state index contributed by atoms with van der Waals surface area (Å²) in [4.78, 5) is 12.1. The molecule has 1 saturated heterocycles. The smallest absolute Gasteiger partial charge is 0.368 e. The first kappa shape index (κ1) is 12.3. The monoisotopic (exact) mass is 225 g/mol. The van der Waals surface area contributed by atoms with Crippen LogP contribution < -0.4 is 11.1 Å². The minimum atomic E-state index is -4.64. The van der Waals surface area contributed by atoms with E-state index in [9.17, 15) is 18.0 Å². The summed E-state index contributed by atoms with van der Waals surface area (Å²) in [6.07, 6.45) is -4.64. The Kier molecular flexibility index (Phi) is 3.25. The van der Waals surface area contributed by atoms with Gasteiger partial charge in [-0.25, -0.2) is 0 Å². The van der Waals surface area contributed by atoms with E-state index in [0.29, 0.717) is 13.1 Å². The van der Waals surface area contributed by atoms with Crippen LogP contribution in [-0.2, 0) is 4.79 Å². The summed E-state index contributed by atoms with van der Waals surface area (Å²) in [7, 11) is 0. The van der Waals surface area contributed by atoms with Gasteiger partial charge in [0.05, 0.1) is 0 Å². The lowest BCUT2D eigenvalue weighted by atomic mass is 9.97. The number of piperazine rings is 1. The van der Waals surface area contributed by atoms with Crippen molar-refractivity contribution in [3.05, 3.63) is 0 Å². The van der Waals surface area contributed by atoms with Crippen LogP contribution in [0.3, 0.4) is 0 Å². The Morgan fingerprint density at radius 2 is 1.80 bits per heavy atom. The van der Waals surface area contributed by atoms with Crippen LogP contribution in [0.4, 0.5) is 13.2 Å². The lowest BCUT2D eigenvalue weighted by molar-refractivity contribution is -0.223. The van der Waals surface area contributed by atoms with Crippen molar-refractivity contribution < 1.29 is 18.0 Å². The lowest BCUT2D eigenvalue weighted by Crippen LogP contribution is -2.67. The van der Waals surface area contributed by atoms with Crippen LogP contribution >= 0.6 is 0 Å². The van der Waals surface area contributed by atoms with Crippen molar-refractivity contribution in [2.45, 2.75) is 18.6 Å². The van der Waals surface area contributed by atoms with Crippen LogP contribution in [0.2, 0.25) is 0 Å². The normalized spacial score (nSPS) is 23.5. The molecule has 0 aliphatic carbocycles. The highest BCUT2D eigenvalue weighted by molar-refractivity contribution is 5.85. The van der Waals surface area contributed by atoms with Crippen LogP contribution in [0, 0.1) is 0 Å². The number of rotatable bonds is 2. The summed E-state index contributed by atoms with van der Waals surface area (Å²) in [6.45, 7) is 2.02. The largest absolute Gasteiger partial charge is 0.415 e. The molecule has 1 aliphatic rings. The average molecular weight is 225 g/mol. The summed E-state index contributed by atoms with van der Waals surface area (Å²) in [5.41, 5.74) is 2.31. The third-order valence-electron chi connectivity index (χ3n) is 2.78. The van der Waals surface area contributed by atoms with Gasteiger partial charge in [0.15, 0.2) is 5.54 Å². The molecule has 0 aromatic carbocycles. The van der Waals surface area contributed by atoms with Crippen LogP contribution in [-0.4, -0.2) is 48.7 Å². The molecule has 1 amide bonds. The third kappa shape index (κ3) is 2.07. The maximum absolute atomic E-state index is 12.8. The van der Waals surface area contributed by atoms with E-state index in [2.05, 4.69) is 5.32 Å². The van der Waals surface area contributed by atoms with Crippen LogP contribution in [0.5, 0.6) is 0 Å². The first-order valence-corrected chi connectivity index (χ1v) is 4.62. The number of hydrogen-bond donors (Lipinski definition) is 2. The van der Waals surface area contributed by atoms with Gasteiger partial charge in [-0.3, -0.25) is 9.69 Å². The minimum absolute atomic E-state index is 0.166. The first-order valence-electron chi connectivity index (χ1n) is 4.62. The van der Waals surface area contributed by atoms with E-state index in [4.69, 9.17) is 5.73 Å². The number of nitrogens with zero attached hydrogens (tertiary/aromatic N) is 1. The number of primary amides is 1. The van der Waals surface area contributed by atoms with Gasteiger partial charge in [-0.2, -0.15) is 13.2 Å². The molecule has 1 atom stereocenters. The molecule has 88 valence electrons. The number of amides is 1. The number of nitrogens with one attached hydrogen (secondary N) is 1. The molecule has 0 aromatic heterocycles. The van der Waals surface area contributed by atoms with Crippen LogP contribution in [0.1, 0.15) is 6.92 Å². The maximum atomic E-state index is 12.8. The van der Waals surface area contributed by atoms with Crippen molar-refractivity contribution in [1.29, 1.82) is 0 Å². The Morgan fingerprint density at radius 3 is 2.13 bits per heavy atom. The number of carbonyl (C=O) groups excluding carboxylic acids is 1. The van der Waals surface area contributed by atoms with Crippen molar-refractivity contribution in [3.8, 4) is 0 Å². The molecule has 0 radical (unpaired) electrons. The Balaban J connectivity index is 2.94. The zero-order chi connectivity index (χ0) is 11.7. The number of halogens is 3. The fraction of sp³-hybridized carbons (Fsp3) is 0.875. The molecule has 0 spiro atoms. The van der Waals surface area contributed by atoms with E-state index in [1.165, 1.54) is 0 Å². The fourth-order valence-electron chi connectivity index (χ4n) is 1.59. The molecule has 1 unspecified atom stereocenters. The van der Waals surface area contributed by atoms with Crippen molar-refractivity contribution in [2.75, 3.05) is 26.2 Å². The first-order chi connectivity index (χ1) is 6.80. The minimum Gasteiger partial charge on any atom is -0.368 e. The zero-order valence-electron chi connectivity index (χ0n) is 8.40. The molecule has 15 heavy (non-hydrogen) atoms. The average Bonchev–Trinajstić information content (AvgIpc) is 2.16. The molecular weight excluding hydrogens is 211 g/mol. The Bertz CT molecular complexity index is 250. The molecule has 0 aromatic rings. The summed E-state index contributed by atoms with van der Waals surface area (Å²) in [5.74, 6) is -1.35. The third-order valence-corrected chi connectivity index (χ3v) is 2.78. The maximum Gasteiger partial charge on any atom is 0.415 e. The van der Waals surface area contributed by atoms with E-state index in [1.54, 1.807) is 0 Å². The van der Waals surface area contributed by atoms with Crippen molar-refractivity contribution >= 4 is 5.91 Å². The van der Waals surface area contributed by atoms with Gasteiger partial charge in [0.2, 0.25) is 5.91 Å². The molecular formula is C8H14F3N3O. The second-order valence-corrected chi connectivity index (χ2v) is 3.67. The lowest BCUT2D eigenvalue weighted by Gasteiger charge is -2.41. The fourth-order valence-corrected chi connectivity index (χ4v) is 1.59. The number of nitrogens with two attached hydrogens (primary N) is 1. The zero-order valence-corrected chi connectivity index (χ0v) is 8.40. The van der Waals surface area contributed by atoms with Gasteiger partial charge in [-0.1, -0.05) is 0 Å². The van der Waals surface area contributed by atoms with E-state index in [-0.39, 0.29) is 13.1 Å². The quantitative estimate of drug-likeness (QED) is 0.678. The van der Waals surface area contributed by atoms with Crippen molar-refractivity contribution in [3.63, 3.8) is 0 Å². The highest BCUT2D eigenvalue weighted by Gasteiger charge is 2.59. The van der Waals surface area contributed by atoms with E-state index in [1.807, 2.05) is 0 Å². The van der Waals surface area contributed by atoms with E-state index < -0.39 is 17.6 Å². The van der Waals surface area contributed by atoms with Gasteiger partial charge in [0.1, 0.15) is 0 Å². The van der Waals surface area contributed by atoms with Crippen LogP contribution in [0.15, 0.2) is 0 Å². The highest BCUT2D eigenvalue weighted by atomic mass is 19.4. The summed E-state index contributed by atoms with van der Waals surface area (Å²) in [5, 5.41) is 2.92. The van der Waals surface area contributed by atoms with Crippen LogP contribution in [0.25, 0.3) is 0 Å². The van der Waals surface area contributed by atoms with Gasteiger partial charge < -0.3 is 11.1 Å². The SMILES string of the molecule is CC(C(N)=O)(N1CCNCC1)C(F)(F)F. The second-order valence-electron chi connectivity index (χ2n) is 3.67. The summed E-state index contributed by atoms with van der Waals surface area (Å²) < 4.78 is 38.3. The van der Waals surface area contributed by atoms with Gasteiger partial charge in [0.25, 0.3) is 0 Å². The molecule has 3 N–H and O–H groups in total. The molecule has 7 heteroatoms. The highest BCUT2D eigenvalue weighted by Crippen LogP contribution is 2.35. The molecule has 0 bridgehead atoms. The standard InChI is InChI=1S/C8H14F3N3O/c1-7(6(12)15,8(9,10)11)14-4-2-13-3-5-14/h13H,2-5H2,1H3,(H2,12,15). The molecule has 1 heterocycles. The van der Waals surface area contributed by atoms with E-state index >= 15 is 0 Å². The molecule has 1 fully saturated rings. The topological polar surface area (TPSA) is 58.4 Å². The second kappa shape index (κ2) is 3.97. The summed E-state index contributed by atoms with van der Waals surface area (Å²) in [6, 6.07) is 0. The predicted octanol–water partition coefficient (Wildman–Crippen LogP) is -0.302.